The normalized spacial score (nSPS) is 16.2. The lowest BCUT2D eigenvalue weighted by Gasteiger charge is -2.25. The molecular formula is C18H20ClFN2O4S2. The Bertz CT molecular complexity index is 1050. The standard InChI is InChI=1S/C18H20ClFN2O4S2/c19-15-6-9-18(17(20)12-15)27(23,24)21-13-14-4-7-16(8-5-14)28(25,26)22-10-2-1-3-11-22/h4-9,12,21H,1-3,10-11,13H2. The second-order valence-electron chi connectivity index (χ2n) is 6.51. The van der Waals surface area contributed by atoms with Crippen LogP contribution in [-0.4, -0.2) is 34.2 Å². The van der Waals surface area contributed by atoms with E-state index in [0.717, 1.165) is 31.4 Å². The van der Waals surface area contributed by atoms with Crippen LogP contribution in [0.1, 0.15) is 24.8 Å². The molecule has 0 unspecified atom stereocenters. The highest BCUT2D eigenvalue weighted by molar-refractivity contribution is 7.89. The second-order valence-corrected chi connectivity index (χ2v) is 10.6. The van der Waals surface area contributed by atoms with Gasteiger partial charge in [0.2, 0.25) is 20.0 Å². The number of halogens is 2. The van der Waals surface area contributed by atoms with Gasteiger partial charge in [0.25, 0.3) is 0 Å². The van der Waals surface area contributed by atoms with Gasteiger partial charge in [-0.2, -0.15) is 4.31 Å². The predicted molar refractivity (Wildman–Crippen MR) is 104 cm³/mol. The first-order valence-electron chi connectivity index (χ1n) is 8.74. The molecule has 2 aromatic carbocycles. The van der Waals surface area contributed by atoms with Crippen molar-refractivity contribution < 1.29 is 21.2 Å². The van der Waals surface area contributed by atoms with E-state index in [1.807, 2.05) is 0 Å². The van der Waals surface area contributed by atoms with E-state index in [9.17, 15) is 21.2 Å². The Morgan fingerprint density at radius 2 is 1.61 bits per heavy atom. The summed E-state index contributed by atoms with van der Waals surface area (Å²) in [6.45, 7) is 0.918. The molecule has 0 aliphatic carbocycles. The van der Waals surface area contributed by atoms with Crippen LogP contribution in [0, 0.1) is 5.82 Å². The maximum Gasteiger partial charge on any atom is 0.243 e. The van der Waals surface area contributed by atoms with Gasteiger partial charge in [0.15, 0.2) is 0 Å². The number of nitrogens with one attached hydrogen (secondary N) is 1. The Balaban J connectivity index is 1.70. The summed E-state index contributed by atoms with van der Waals surface area (Å²) in [4.78, 5) is -0.328. The fourth-order valence-electron chi connectivity index (χ4n) is 2.98. The van der Waals surface area contributed by atoms with Crippen molar-refractivity contribution in [1.29, 1.82) is 0 Å². The smallest absolute Gasteiger partial charge is 0.207 e. The van der Waals surface area contributed by atoms with Gasteiger partial charge in [-0.15, -0.1) is 0 Å². The molecule has 1 heterocycles. The van der Waals surface area contributed by atoms with Crippen molar-refractivity contribution in [3.05, 3.63) is 58.9 Å². The van der Waals surface area contributed by atoms with E-state index in [1.54, 1.807) is 0 Å². The summed E-state index contributed by atoms with van der Waals surface area (Å²) < 4.78 is 67.4. The SMILES string of the molecule is O=S(=O)(NCc1ccc(S(=O)(=O)N2CCCCC2)cc1)c1ccc(Cl)cc1F. The highest BCUT2D eigenvalue weighted by Gasteiger charge is 2.25. The highest BCUT2D eigenvalue weighted by Crippen LogP contribution is 2.22. The molecule has 0 spiro atoms. The molecule has 2 aromatic rings. The molecule has 0 aromatic heterocycles. The third-order valence-electron chi connectivity index (χ3n) is 4.53. The molecule has 28 heavy (non-hydrogen) atoms. The summed E-state index contributed by atoms with van der Waals surface area (Å²) in [5, 5.41) is 0.0990. The molecule has 0 saturated carbocycles. The molecule has 0 bridgehead atoms. The van der Waals surface area contributed by atoms with Crippen LogP contribution in [0.5, 0.6) is 0 Å². The van der Waals surface area contributed by atoms with Crippen LogP contribution in [0.3, 0.4) is 0 Å². The summed E-state index contributed by atoms with van der Waals surface area (Å²) in [7, 11) is -7.61. The van der Waals surface area contributed by atoms with E-state index in [-0.39, 0.29) is 16.5 Å². The minimum Gasteiger partial charge on any atom is -0.207 e. The number of benzene rings is 2. The zero-order valence-corrected chi connectivity index (χ0v) is 17.3. The van der Waals surface area contributed by atoms with Crippen molar-refractivity contribution in [2.75, 3.05) is 13.1 Å². The van der Waals surface area contributed by atoms with Crippen molar-refractivity contribution in [3.8, 4) is 0 Å². The van der Waals surface area contributed by atoms with Crippen LogP contribution in [0.2, 0.25) is 5.02 Å². The summed E-state index contributed by atoms with van der Waals surface area (Å²) in [6, 6.07) is 9.30. The van der Waals surface area contributed by atoms with Crippen LogP contribution < -0.4 is 4.72 Å². The Morgan fingerprint density at radius 3 is 2.21 bits per heavy atom. The molecule has 0 amide bonds. The van der Waals surface area contributed by atoms with Gasteiger partial charge in [0.1, 0.15) is 10.7 Å². The molecule has 1 aliphatic heterocycles. The van der Waals surface area contributed by atoms with E-state index in [1.165, 1.54) is 34.6 Å². The minimum atomic E-state index is -4.07. The Morgan fingerprint density at radius 1 is 0.964 bits per heavy atom. The molecule has 152 valence electrons. The van der Waals surface area contributed by atoms with Crippen molar-refractivity contribution >= 4 is 31.6 Å². The van der Waals surface area contributed by atoms with Crippen LogP contribution >= 0.6 is 11.6 Å². The van der Waals surface area contributed by atoms with Crippen molar-refractivity contribution in [3.63, 3.8) is 0 Å². The van der Waals surface area contributed by atoms with Gasteiger partial charge < -0.3 is 0 Å². The summed E-state index contributed by atoms with van der Waals surface area (Å²) in [5.74, 6) is -0.942. The van der Waals surface area contributed by atoms with Gasteiger partial charge in [-0.25, -0.2) is 25.9 Å². The lowest BCUT2D eigenvalue weighted by Crippen LogP contribution is -2.35. The fraction of sp³-hybridized carbons (Fsp3) is 0.333. The molecule has 3 rings (SSSR count). The highest BCUT2D eigenvalue weighted by atomic mass is 35.5. The maximum absolute atomic E-state index is 13.9. The van der Waals surface area contributed by atoms with E-state index in [2.05, 4.69) is 4.72 Å². The molecular weight excluding hydrogens is 427 g/mol. The van der Waals surface area contributed by atoms with Crippen LogP contribution in [0.25, 0.3) is 0 Å². The number of nitrogens with zero attached hydrogens (tertiary/aromatic N) is 1. The van der Waals surface area contributed by atoms with E-state index >= 15 is 0 Å². The minimum absolute atomic E-state index is 0.0990. The third-order valence-corrected chi connectivity index (χ3v) is 8.11. The first kappa shape index (κ1) is 21.2. The first-order chi connectivity index (χ1) is 13.2. The van der Waals surface area contributed by atoms with Crippen molar-refractivity contribution in [1.82, 2.24) is 9.03 Å². The number of hydrogen-bond acceptors (Lipinski definition) is 4. The first-order valence-corrected chi connectivity index (χ1v) is 12.0. The number of sulfonamides is 2. The number of rotatable bonds is 6. The Kier molecular flexibility index (Phi) is 6.41. The van der Waals surface area contributed by atoms with Gasteiger partial charge in [0.05, 0.1) is 4.90 Å². The average molecular weight is 447 g/mol. The van der Waals surface area contributed by atoms with E-state index in [0.29, 0.717) is 18.7 Å². The number of piperidine rings is 1. The van der Waals surface area contributed by atoms with Crippen molar-refractivity contribution in [2.45, 2.75) is 35.6 Å². The molecule has 0 atom stereocenters. The monoisotopic (exact) mass is 446 g/mol. The van der Waals surface area contributed by atoms with Crippen LogP contribution in [0.4, 0.5) is 4.39 Å². The molecule has 1 fully saturated rings. The molecule has 6 nitrogen and oxygen atoms in total. The quantitative estimate of drug-likeness (QED) is 0.738. The molecule has 1 aliphatic rings. The summed E-state index contributed by atoms with van der Waals surface area (Å²) in [6.07, 6.45) is 2.72. The third kappa shape index (κ3) is 4.72. The van der Waals surface area contributed by atoms with Gasteiger partial charge in [-0.1, -0.05) is 30.2 Å². The van der Waals surface area contributed by atoms with Crippen molar-refractivity contribution in [2.24, 2.45) is 0 Å². The molecule has 1 N–H and O–H groups in total. The van der Waals surface area contributed by atoms with Crippen LogP contribution in [-0.2, 0) is 26.6 Å². The van der Waals surface area contributed by atoms with Gasteiger partial charge in [-0.05, 0) is 48.7 Å². The van der Waals surface area contributed by atoms with E-state index < -0.39 is 30.8 Å². The average Bonchev–Trinajstić information content (AvgIpc) is 2.67. The Hall–Kier alpha value is -1.52. The number of hydrogen-bond donors (Lipinski definition) is 1. The molecule has 1 saturated heterocycles. The van der Waals surface area contributed by atoms with E-state index in [4.69, 9.17) is 11.6 Å². The fourth-order valence-corrected chi connectivity index (χ4v) is 5.73. The van der Waals surface area contributed by atoms with Crippen LogP contribution in [0.15, 0.2) is 52.3 Å². The second kappa shape index (κ2) is 8.46. The topological polar surface area (TPSA) is 83.5 Å². The Labute approximate surface area is 169 Å². The van der Waals surface area contributed by atoms with Gasteiger partial charge in [-0.3, -0.25) is 0 Å². The van der Waals surface area contributed by atoms with Gasteiger partial charge >= 0.3 is 0 Å². The maximum atomic E-state index is 13.9. The van der Waals surface area contributed by atoms with Gasteiger partial charge in [0, 0.05) is 24.7 Å². The largest absolute Gasteiger partial charge is 0.243 e. The summed E-state index contributed by atoms with van der Waals surface area (Å²) >= 11 is 5.64. The zero-order chi connectivity index (χ0) is 20.4. The molecule has 10 heteroatoms. The summed E-state index contributed by atoms with van der Waals surface area (Å²) in [5.41, 5.74) is 0.551. The molecule has 0 radical (unpaired) electrons. The lowest BCUT2D eigenvalue weighted by molar-refractivity contribution is 0.346. The zero-order valence-electron chi connectivity index (χ0n) is 14.9. The predicted octanol–water partition coefficient (Wildman–Crippen LogP) is 3.13. The lowest BCUT2D eigenvalue weighted by atomic mass is 10.2.